The molecule has 4 aliphatic rings. The highest BCUT2D eigenvalue weighted by Crippen LogP contribution is 2.60. The van der Waals surface area contributed by atoms with Crippen LogP contribution in [0.2, 0.25) is 0 Å². The van der Waals surface area contributed by atoms with Crippen LogP contribution in [0, 0.1) is 22.2 Å². The van der Waals surface area contributed by atoms with Gasteiger partial charge in [0, 0.05) is 37.8 Å². The van der Waals surface area contributed by atoms with Crippen LogP contribution in [0.15, 0.2) is 0 Å². The molecule has 23 heavy (non-hydrogen) atoms. The molecule has 0 N–H and O–H groups in total. The lowest BCUT2D eigenvalue weighted by atomic mass is 9.50. The highest BCUT2D eigenvalue weighted by molar-refractivity contribution is 5.07. The van der Waals surface area contributed by atoms with E-state index < -0.39 is 0 Å². The topological polar surface area (TPSA) is 21.7 Å². The van der Waals surface area contributed by atoms with Gasteiger partial charge in [-0.3, -0.25) is 4.90 Å². The smallest absolute Gasteiger partial charge is 0.0636 e. The Hall–Kier alpha value is -0.120. The maximum Gasteiger partial charge on any atom is 0.0636 e. The first kappa shape index (κ1) is 16.4. The van der Waals surface area contributed by atoms with Crippen molar-refractivity contribution in [2.45, 2.75) is 71.9 Å². The van der Waals surface area contributed by atoms with Crippen LogP contribution in [0.25, 0.3) is 0 Å². The number of hydrogen-bond acceptors (Lipinski definition) is 3. The highest BCUT2D eigenvalue weighted by atomic mass is 16.5. The van der Waals surface area contributed by atoms with E-state index in [-0.39, 0.29) is 0 Å². The molecule has 0 amide bonds. The van der Waals surface area contributed by atoms with Crippen molar-refractivity contribution in [3.05, 3.63) is 0 Å². The molecule has 0 bridgehead atoms. The van der Waals surface area contributed by atoms with E-state index in [1.807, 2.05) is 0 Å². The van der Waals surface area contributed by atoms with Gasteiger partial charge in [-0.05, 0) is 62.7 Å². The van der Waals surface area contributed by atoms with Crippen LogP contribution in [0.4, 0.5) is 0 Å². The summed E-state index contributed by atoms with van der Waals surface area (Å²) in [6, 6.07) is 0.688. The fourth-order valence-corrected chi connectivity index (χ4v) is 5.65. The van der Waals surface area contributed by atoms with Gasteiger partial charge >= 0.3 is 0 Å². The molecule has 0 aromatic carbocycles. The van der Waals surface area contributed by atoms with Crippen LogP contribution in [-0.2, 0) is 9.47 Å². The molecule has 3 nitrogen and oxygen atoms in total. The molecule has 2 spiro atoms. The molecule has 0 aromatic rings. The molecule has 3 aliphatic heterocycles. The normalized spacial score (nSPS) is 34.0. The summed E-state index contributed by atoms with van der Waals surface area (Å²) in [5.41, 5.74) is 1.44. The van der Waals surface area contributed by atoms with Crippen LogP contribution < -0.4 is 0 Å². The van der Waals surface area contributed by atoms with Crippen LogP contribution in [0.5, 0.6) is 0 Å². The summed E-state index contributed by atoms with van der Waals surface area (Å²) in [4.78, 5) is 2.60. The molecule has 1 saturated carbocycles. The maximum atomic E-state index is 6.38. The van der Waals surface area contributed by atoms with Crippen molar-refractivity contribution in [2.75, 3.05) is 32.9 Å². The van der Waals surface area contributed by atoms with E-state index in [1.165, 1.54) is 45.2 Å². The molecule has 1 unspecified atom stereocenters. The predicted octanol–water partition coefficient (Wildman–Crippen LogP) is 3.72. The van der Waals surface area contributed by atoms with E-state index in [4.69, 9.17) is 9.47 Å². The van der Waals surface area contributed by atoms with Gasteiger partial charge in [0.2, 0.25) is 0 Å². The Morgan fingerprint density at radius 1 is 1.00 bits per heavy atom. The lowest BCUT2D eigenvalue weighted by Crippen LogP contribution is -2.59. The van der Waals surface area contributed by atoms with Gasteiger partial charge in [-0.2, -0.15) is 0 Å². The fourth-order valence-electron chi connectivity index (χ4n) is 5.65. The summed E-state index contributed by atoms with van der Waals surface area (Å²) in [5, 5.41) is 0. The van der Waals surface area contributed by atoms with Crippen molar-refractivity contribution in [1.82, 2.24) is 4.90 Å². The van der Waals surface area contributed by atoms with Gasteiger partial charge in [0.1, 0.15) is 0 Å². The minimum atomic E-state index is 0.339. The van der Waals surface area contributed by atoms with E-state index in [0.29, 0.717) is 28.4 Å². The third-order valence-corrected chi connectivity index (χ3v) is 7.81. The molecule has 4 fully saturated rings. The highest BCUT2D eigenvalue weighted by Gasteiger charge is 2.57. The standard InChI is InChI=1S/C20H35NO2/c1-15(2)21-12-20(13-21)11-17(23-14-20)18(3,4)16-9-19(10-16)5-7-22-8-6-19/h15-17H,5-14H2,1-4H3. The molecular weight excluding hydrogens is 286 g/mol. The third-order valence-electron chi connectivity index (χ3n) is 7.81. The van der Waals surface area contributed by atoms with Crippen molar-refractivity contribution in [2.24, 2.45) is 22.2 Å². The van der Waals surface area contributed by atoms with Crippen LogP contribution in [0.3, 0.4) is 0 Å². The Balaban J connectivity index is 1.34. The van der Waals surface area contributed by atoms with Gasteiger partial charge in [0.25, 0.3) is 0 Å². The van der Waals surface area contributed by atoms with E-state index in [9.17, 15) is 0 Å². The summed E-state index contributed by atoms with van der Waals surface area (Å²) >= 11 is 0. The largest absolute Gasteiger partial charge is 0.381 e. The summed E-state index contributed by atoms with van der Waals surface area (Å²) in [6.45, 7) is 15.1. The van der Waals surface area contributed by atoms with Crippen molar-refractivity contribution >= 4 is 0 Å². The Kier molecular flexibility index (Phi) is 3.87. The Labute approximate surface area is 142 Å². The second-order valence-corrected chi connectivity index (χ2v) is 10.0. The Morgan fingerprint density at radius 2 is 1.65 bits per heavy atom. The molecular formula is C20H35NO2. The van der Waals surface area contributed by atoms with E-state index in [0.717, 1.165) is 25.7 Å². The molecule has 132 valence electrons. The first-order valence-corrected chi connectivity index (χ1v) is 9.78. The first-order valence-electron chi connectivity index (χ1n) is 9.78. The number of nitrogens with zero attached hydrogens (tertiary/aromatic N) is 1. The molecule has 3 heteroatoms. The fraction of sp³-hybridized carbons (Fsp3) is 1.00. The minimum absolute atomic E-state index is 0.339. The molecule has 1 atom stereocenters. The molecule has 3 saturated heterocycles. The maximum absolute atomic E-state index is 6.38. The molecule has 0 aromatic heterocycles. The summed E-state index contributed by atoms with van der Waals surface area (Å²) in [7, 11) is 0. The van der Waals surface area contributed by atoms with Crippen molar-refractivity contribution in [3.63, 3.8) is 0 Å². The van der Waals surface area contributed by atoms with Gasteiger partial charge in [-0.25, -0.2) is 0 Å². The average Bonchev–Trinajstić information content (AvgIpc) is 2.90. The molecule has 1 aliphatic carbocycles. The Bertz CT molecular complexity index is 439. The second-order valence-electron chi connectivity index (χ2n) is 10.0. The predicted molar refractivity (Wildman–Crippen MR) is 92.5 cm³/mol. The van der Waals surface area contributed by atoms with Crippen LogP contribution in [-0.4, -0.2) is 50.0 Å². The molecule has 0 radical (unpaired) electrons. The summed E-state index contributed by atoms with van der Waals surface area (Å²) in [5.74, 6) is 0.849. The van der Waals surface area contributed by atoms with E-state index in [2.05, 4.69) is 32.6 Å². The van der Waals surface area contributed by atoms with Crippen LogP contribution >= 0.6 is 0 Å². The zero-order valence-corrected chi connectivity index (χ0v) is 15.6. The quantitative estimate of drug-likeness (QED) is 0.791. The van der Waals surface area contributed by atoms with Gasteiger partial charge in [-0.15, -0.1) is 0 Å². The zero-order valence-electron chi connectivity index (χ0n) is 15.6. The van der Waals surface area contributed by atoms with E-state index >= 15 is 0 Å². The van der Waals surface area contributed by atoms with Gasteiger partial charge < -0.3 is 9.47 Å². The number of ether oxygens (including phenoxy) is 2. The monoisotopic (exact) mass is 321 g/mol. The average molecular weight is 322 g/mol. The third kappa shape index (κ3) is 2.67. The van der Waals surface area contributed by atoms with Crippen molar-refractivity contribution < 1.29 is 9.47 Å². The lowest BCUT2D eigenvalue weighted by Gasteiger charge is -2.57. The van der Waals surface area contributed by atoms with E-state index in [1.54, 1.807) is 0 Å². The number of likely N-dealkylation sites (tertiary alicyclic amines) is 1. The minimum Gasteiger partial charge on any atom is -0.381 e. The Morgan fingerprint density at radius 3 is 2.26 bits per heavy atom. The number of rotatable bonds is 3. The number of hydrogen-bond donors (Lipinski definition) is 0. The van der Waals surface area contributed by atoms with Gasteiger partial charge in [-0.1, -0.05) is 13.8 Å². The van der Waals surface area contributed by atoms with Crippen LogP contribution in [0.1, 0.15) is 59.8 Å². The SMILES string of the molecule is CC(C)N1CC2(COC(C(C)(C)C3CC4(CCOCC4)C3)C2)C1. The van der Waals surface area contributed by atoms with Crippen molar-refractivity contribution in [3.8, 4) is 0 Å². The lowest BCUT2D eigenvalue weighted by molar-refractivity contribution is -0.124. The molecule has 3 heterocycles. The van der Waals surface area contributed by atoms with Gasteiger partial charge in [0.05, 0.1) is 12.7 Å². The molecule has 4 rings (SSSR count). The first-order chi connectivity index (χ1) is 10.8. The second kappa shape index (κ2) is 5.44. The summed E-state index contributed by atoms with van der Waals surface area (Å²) < 4.78 is 12.0. The zero-order chi connectivity index (χ0) is 16.3. The summed E-state index contributed by atoms with van der Waals surface area (Å²) in [6.07, 6.45) is 7.16. The van der Waals surface area contributed by atoms with Crippen molar-refractivity contribution in [1.29, 1.82) is 0 Å². The van der Waals surface area contributed by atoms with Gasteiger partial charge in [0.15, 0.2) is 0 Å².